The molecule has 1 aliphatic heterocycles. The SMILES string of the molecule is Cc1cccc(N2O[C@@H](c3ccccc3)C=C[C@@H]2c2ccccc2)n1. The van der Waals surface area contributed by atoms with Crippen LogP contribution in [0.5, 0.6) is 0 Å². The van der Waals surface area contributed by atoms with E-state index in [1.807, 2.05) is 66.6 Å². The molecule has 25 heavy (non-hydrogen) atoms. The summed E-state index contributed by atoms with van der Waals surface area (Å²) in [5.41, 5.74) is 3.27. The highest BCUT2D eigenvalue weighted by Gasteiger charge is 2.28. The van der Waals surface area contributed by atoms with Crippen molar-refractivity contribution in [1.82, 2.24) is 4.98 Å². The van der Waals surface area contributed by atoms with E-state index in [0.717, 1.165) is 17.1 Å². The Kier molecular flexibility index (Phi) is 4.32. The Morgan fingerprint density at radius 2 is 1.44 bits per heavy atom. The lowest BCUT2D eigenvalue weighted by molar-refractivity contribution is 0.0386. The summed E-state index contributed by atoms with van der Waals surface area (Å²) in [6.07, 6.45) is 4.20. The number of rotatable bonds is 3. The van der Waals surface area contributed by atoms with Crippen molar-refractivity contribution in [2.45, 2.75) is 19.1 Å². The van der Waals surface area contributed by atoms with Crippen molar-refractivity contribution < 1.29 is 4.84 Å². The minimum absolute atomic E-state index is 0.00420. The van der Waals surface area contributed by atoms with Gasteiger partial charge < -0.3 is 0 Å². The van der Waals surface area contributed by atoms with E-state index in [0.29, 0.717) is 0 Å². The third-order valence-electron chi connectivity index (χ3n) is 4.32. The second-order valence-electron chi connectivity index (χ2n) is 6.14. The van der Waals surface area contributed by atoms with E-state index in [9.17, 15) is 0 Å². The van der Waals surface area contributed by atoms with Crippen molar-refractivity contribution >= 4 is 5.82 Å². The molecule has 0 N–H and O–H groups in total. The summed E-state index contributed by atoms with van der Waals surface area (Å²) in [4.78, 5) is 11.0. The predicted octanol–water partition coefficient (Wildman–Crippen LogP) is 5.18. The summed E-state index contributed by atoms with van der Waals surface area (Å²) in [5.74, 6) is 0.819. The lowest BCUT2D eigenvalue weighted by Crippen LogP contribution is -2.33. The first kappa shape index (κ1) is 15.6. The van der Waals surface area contributed by atoms with E-state index in [1.165, 1.54) is 5.56 Å². The highest BCUT2D eigenvalue weighted by Crippen LogP contribution is 2.36. The van der Waals surface area contributed by atoms with E-state index < -0.39 is 0 Å². The van der Waals surface area contributed by atoms with Crippen LogP contribution < -0.4 is 5.06 Å². The fourth-order valence-corrected chi connectivity index (χ4v) is 3.07. The Morgan fingerprint density at radius 3 is 2.12 bits per heavy atom. The average Bonchev–Trinajstić information content (AvgIpc) is 2.69. The van der Waals surface area contributed by atoms with Gasteiger partial charge in [0.15, 0.2) is 5.82 Å². The van der Waals surface area contributed by atoms with Crippen LogP contribution in [0.15, 0.2) is 91.0 Å². The average molecular weight is 328 g/mol. The van der Waals surface area contributed by atoms with Crippen LogP contribution in [0.25, 0.3) is 0 Å². The lowest BCUT2D eigenvalue weighted by atomic mass is 10.0. The summed E-state index contributed by atoms with van der Waals surface area (Å²) < 4.78 is 0. The van der Waals surface area contributed by atoms with Gasteiger partial charge in [-0.2, -0.15) is 0 Å². The van der Waals surface area contributed by atoms with Crippen LogP contribution in [0.4, 0.5) is 5.82 Å². The summed E-state index contributed by atoms with van der Waals surface area (Å²) in [6, 6.07) is 26.6. The molecule has 0 fully saturated rings. The summed E-state index contributed by atoms with van der Waals surface area (Å²) in [6.45, 7) is 2.00. The van der Waals surface area contributed by atoms with E-state index in [2.05, 4.69) is 41.4 Å². The first-order valence-corrected chi connectivity index (χ1v) is 8.49. The Morgan fingerprint density at radius 1 is 0.760 bits per heavy atom. The summed E-state index contributed by atoms with van der Waals surface area (Å²) >= 11 is 0. The lowest BCUT2D eigenvalue weighted by Gasteiger charge is -2.36. The third-order valence-corrected chi connectivity index (χ3v) is 4.32. The molecule has 0 radical (unpaired) electrons. The van der Waals surface area contributed by atoms with Crippen LogP contribution in [0.3, 0.4) is 0 Å². The van der Waals surface area contributed by atoms with Gasteiger partial charge in [0.1, 0.15) is 12.1 Å². The molecule has 3 nitrogen and oxygen atoms in total. The maximum Gasteiger partial charge on any atom is 0.153 e. The molecule has 0 amide bonds. The van der Waals surface area contributed by atoms with E-state index >= 15 is 0 Å². The van der Waals surface area contributed by atoms with Crippen molar-refractivity contribution in [3.05, 3.63) is 108 Å². The van der Waals surface area contributed by atoms with Crippen LogP contribution in [-0.4, -0.2) is 4.98 Å². The van der Waals surface area contributed by atoms with Gasteiger partial charge in [0.25, 0.3) is 0 Å². The van der Waals surface area contributed by atoms with Gasteiger partial charge in [-0.1, -0.05) is 78.9 Å². The van der Waals surface area contributed by atoms with Crippen LogP contribution >= 0.6 is 0 Å². The number of anilines is 1. The van der Waals surface area contributed by atoms with Gasteiger partial charge in [-0.3, -0.25) is 4.84 Å². The standard InChI is InChI=1S/C22H20N2O/c1-17-9-8-14-22(23-17)24-20(18-10-4-2-5-11-18)15-16-21(25-24)19-12-6-3-7-13-19/h2-16,20-21H,1H3/t20-,21-/m1/s1. The largest absolute Gasteiger partial charge is 0.259 e. The topological polar surface area (TPSA) is 25.4 Å². The molecule has 3 heteroatoms. The Labute approximate surface area is 148 Å². The molecule has 3 aromatic rings. The number of aryl methyl sites for hydroxylation is 1. The number of nitrogens with zero attached hydrogens (tertiary/aromatic N) is 2. The number of benzene rings is 2. The van der Waals surface area contributed by atoms with Gasteiger partial charge in [0, 0.05) is 5.69 Å². The first-order valence-electron chi connectivity index (χ1n) is 8.49. The van der Waals surface area contributed by atoms with Crippen LogP contribution in [0.1, 0.15) is 29.0 Å². The van der Waals surface area contributed by atoms with Crippen molar-refractivity contribution in [2.75, 3.05) is 5.06 Å². The van der Waals surface area contributed by atoms with Gasteiger partial charge in [0.05, 0.1) is 0 Å². The summed E-state index contributed by atoms with van der Waals surface area (Å²) in [5, 5.41) is 1.92. The molecule has 1 aromatic heterocycles. The molecule has 0 saturated heterocycles. The summed E-state index contributed by atoms with van der Waals surface area (Å²) in [7, 11) is 0. The Hall–Kier alpha value is -2.91. The van der Waals surface area contributed by atoms with Gasteiger partial charge >= 0.3 is 0 Å². The van der Waals surface area contributed by atoms with Crippen molar-refractivity contribution in [2.24, 2.45) is 0 Å². The second kappa shape index (κ2) is 6.91. The molecule has 0 aliphatic carbocycles. The number of pyridine rings is 1. The molecule has 4 rings (SSSR count). The van der Waals surface area contributed by atoms with E-state index in [1.54, 1.807) is 0 Å². The number of hydrogen-bond acceptors (Lipinski definition) is 3. The number of hydrogen-bond donors (Lipinski definition) is 0. The highest BCUT2D eigenvalue weighted by molar-refractivity contribution is 5.44. The monoisotopic (exact) mass is 328 g/mol. The third kappa shape index (κ3) is 3.32. The quantitative estimate of drug-likeness (QED) is 0.619. The van der Waals surface area contributed by atoms with Crippen molar-refractivity contribution in [3.63, 3.8) is 0 Å². The molecule has 0 spiro atoms. The highest BCUT2D eigenvalue weighted by atomic mass is 16.7. The maximum absolute atomic E-state index is 6.36. The molecule has 0 saturated carbocycles. The molecular formula is C22H20N2O. The zero-order chi connectivity index (χ0) is 17.1. The van der Waals surface area contributed by atoms with Gasteiger partial charge in [-0.15, -0.1) is 0 Å². The zero-order valence-corrected chi connectivity index (χ0v) is 14.1. The molecule has 1 aliphatic rings. The zero-order valence-electron chi connectivity index (χ0n) is 14.1. The molecular weight excluding hydrogens is 308 g/mol. The minimum atomic E-state index is -0.122. The molecule has 2 heterocycles. The van der Waals surface area contributed by atoms with Crippen LogP contribution in [-0.2, 0) is 4.84 Å². The Balaban J connectivity index is 1.74. The molecule has 0 bridgehead atoms. The fraction of sp³-hybridized carbons (Fsp3) is 0.136. The smallest absolute Gasteiger partial charge is 0.153 e. The fourth-order valence-electron chi connectivity index (χ4n) is 3.07. The van der Waals surface area contributed by atoms with Crippen molar-refractivity contribution in [3.8, 4) is 0 Å². The normalized spacial score (nSPS) is 19.8. The maximum atomic E-state index is 6.36. The predicted molar refractivity (Wildman–Crippen MR) is 100 cm³/mol. The van der Waals surface area contributed by atoms with E-state index in [4.69, 9.17) is 4.84 Å². The van der Waals surface area contributed by atoms with Gasteiger partial charge in [-0.05, 0) is 30.2 Å². The minimum Gasteiger partial charge on any atom is -0.259 e. The molecule has 124 valence electrons. The number of aromatic nitrogens is 1. The van der Waals surface area contributed by atoms with Crippen LogP contribution in [0.2, 0.25) is 0 Å². The molecule has 2 aromatic carbocycles. The van der Waals surface area contributed by atoms with Crippen molar-refractivity contribution in [1.29, 1.82) is 0 Å². The molecule has 0 unspecified atom stereocenters. The second-order valence-corrected chi connectivity index (χ2v) is 6.14. The van der Waals surface area contributed by atoms with Gasteiger partial charge in [-0.25, -0.2) is 10.0 Å². The first-order chi connectivity index (χ1) is 12.3. The number of hydroxylamine groups is 1. The van der Waals surface area contributed by atoms with Crippen LogP contribution in [0, 0.1) is 6.92 Å². The van der Waals surface area contributed by atoms with E-state index in [-0.39, 0.29) is 12.1 Å². The molecule has 2 atom stereocenters. The Bertz CT molecular complexity index is 861. The van der Waals surface area contributed by atoms with Gasteiger partial charge in [0.2, 0.25) is 0 Å².